The van der Waals surface area contributed by atoms with Crippen LogP contribution >= 0.6 is 0 Å². The predicted octanol–water partition coefficient (Wildman–Crippen LogP) is 4.43. The standard InChI is InChI=1S/C14H23B/c1-12(2)8-15-10-13(3)6-5-7-14(4,9-13)11-15/h5-6H,1,7-11H2,2-4H3. The van der Waals surface area contributed by atoms with Crippen LogP contribution in [0.3, 0.4) is 0 Å². The van der Waals surface area contributed by atoms with Gasteiger partial charge in [0.2, 0.25) is 0 Å². The van der Waals surface area contributed by atoms with Crippen LogP contribution in [-0.4, -0.2) is 6.71 Å². The molecule has 2 atom stereocenters. The van der Waals surface area contributed by atoms with Gasteiger partial charge < -0.3 is 0 Å². The minimum atomic E-state index is 0.478. The van der Waals surface area contributed by atoms with Crippen molar-refractivity contribution in [3.8, 4) is 0 Å². The Labute approximate surface area is 94.9 Å². The van der Waals surface area contributed by atoms with Gasteiger partial charge in [0, 0.05) is 0 Å². The zero-order valence-corrected chi connectivity index (χ0v) is 10.5. The van der Waals surface area contributed by atoms with E-state index in [0.29, 0.717) is 10.8 Å². The lowest BCUT2D eigenvalue weighted by Gasteiger charge is -2.49. The molecule has 2 bridgehead atoms. The van der Waals surface area contributed by atoms with Crippen molar-refractivity contribution in [2.75, 3.05) is 0 Å². The van der Waals surface area contributed by atoms with Gasteiger partial charge in [-0.15, -0.1) is 6.58 Å². The monoisotopic (exact) mass is 202 g/mol. The highest BCUT2D eigenvalue weighted by Crippen LogP contribution is 2.53. The predicted molar refractivity (Wildman–Crippen MR) is 69.6 cm³/mol. The molecule has 0 aromatic heterocycles. The maximum Gasteiger partial charge on any atom is 0.145 e. The van der Waals surface area contributed by atoms with Gasteiger partial charge in [0.1, 0.15) is 6.71 Å². The summed E-state index contributed by atoms with van der Waals surface area (Å²) in [5.74, 6) is 0. The molecular weight excluding hydrogens is 179 g/mol. The van der Waals surface area contributed by atoms with Crippen molar-refractivity contribution >= 4 is 6.71 Å². The molecule has 2 aliphatic rings. The fourth-order valence-corrected chi connectivity index (χ4v) is 4.10. The summed E-state index contributed by atoms with van der Waals surface area (Å²) in [7, 11) is 0. The molecule has 1 saturated heterocycles. The summed E-state index contributed by atoms with van der Waals surface area (Å²) in [6.45, 7) is 12.0. The Kier molecular flexibility index (Phi) is 2.60. The zero-order valence-electron chi connectivity index (χ0n) is 10.5. The van der Waals surface area contributed by atoms with E-state index in [1.54, 1.807) is 0 Å². The number of fused-ring (bicyclic) bond motifs is 2. The second-order valence-electron chi connectivity index (χ2n) is 6.68. The molecule has 1 heterocycles. The maximum atomic E-state index is 4.07. The van der Waals surface area contributed by atoms with E-state index in [9.17, 15) is 0 Å². The lowest BCUT2D eigenvalue weighted by atomic mass is 9.29. The molecule has 82 valence electrons. The van der Waals surface area contributed by atoms with Gasteiger partial charge >= 0.3 is 0 Å². The summed E-state index contributed by atoms with van der Waals surface area (Å²) in [5.41, 5.74) is 2.41. The number of hydrogen-bond acceptors (Lipinski definition) is 0. The Morgan fingerprint density at radius 3 is 2.73 bits per heavy atom. The topological polar surface area (TPSA) is 0 Å². The smallest absolute Gasteiger partial charge is 0.101 e. The van der Waals surface area contributed by atoms with E-state index >= 15 is 0 Å². The Balaban J connectivity index is 2.15. The molecule has 1 aliphatic carbocycles. The first kappa shape index (κ1) is 11.0. The van der Waals surface area contributed by atoms with Crippen LogP contribution in [0.5, 0.6) is 0 Å². The molecule has 2 unspecified atom stereocenters. The molecular formula is C14H23B. The van der Waals surface area contributed by atoms with Crippen LogP contribution in [0.15, 0.2) is 24.3 Å². The number of hydrogen-bond donors (Lipinski definition) is 0. The molecule has 0 aromatic rings. The lowest BCUT2D eigenvalue weighted by molar-refractivity contribution is 0.202. The minimum absolute atomic E-state index is 0.478. The van der Waals surface area contributed by atoms with Crippen molar-refractivity contribution < 1.29 is 0 Å². The summed E-state index contributed by atoms with van der Waals surface area (Å²) in [6.07, 6.45) is 11.6. The van der Waals surface area contributed by atoms with Crippen molar-refractivity contribution in [3.63, 3.8) is 0 Å². The van der Waals surface area contributed by atoms with Gasteiger partial charge in [-0.25, -0.2) is 0 Å². The van der Waals surface area contributed by atoms with Crippen LogP contribution in [0.2, 0.25) is 19.0 Å². The van der Waals surface area contributed by atoms with Gasteiger partial charge in [-0.3, -0.25) is 0 Å². The van der Waals surface area contributed by atoms with Gasteiger partial charge in [-0.1, -0.05) is 50.5 Å². The van der Waals surface area contributed by atoms with Gasteiger partial charge in [-0.05, 0) is 30.6 Å². The van der Waals surface area contributed by atoms with E-state index in [0.717, 1.165) is 6.71 Å². The normalized spacial score (nSPS) is 39.3. The molecule has 1 aliphatic heterocycles. The van der Waals surface area contributed by atoms with Crippen molar-refractivity contribution in [1.29, 1.82) is 0 Å². The highest BCUT2D eigenvalue weighted by molar-refractivity contribution is 6.60. The van der Waals surface area contributed by atoms with Crippen molar-refractivity contribution in [1.82, 2.24) is 0 Å². The Morgan fingerprint density at radius 1 is 1.40 bits per heavy atom. The quantitative estimate of drug-likeness (QED) is 0.458. The van der Waals surface area contributed by atoms with Crippen LogP contribution in [0.1, 0.15) is 33.6 Å². The van der Waals surface area contributed by atoms with E-state index < -0.39 is 0 Å². The summed E-state index contributed by atoms with van der Waals surface area (Å²) in [5, 5.41) is 0. The highest BCUT2D eigenvalue weighted by Gasteiger charge is 2.44. The van der Waals surface area contributed by atoms with E-state index in [4.69, 9.17) is 0 Å². The average Bonchev–Trinajstić information content (AvgIpc) is 1.97. The summed E-state index contributed by atoms with van der Waals surface area (Å²) >= 11 is 0. The maximum absolute atomic E-state index is 4.07. The first-order valence-electron chi connectivity index (χ1n) is 6.23. The zero-order chi connectivity index (χ0) is 11.1. The van der Waals surface area contributed by atoms with E-state index in [2.05, 4.69) is 39.5 Å². The third kappa shape index (κ3) is 2.38. The summed E-state index contributed by atoms with van der Waals surface area (Å²) in [4.78, 5) is 0. The fraction of sp³-hybridized carbons (Fsp3) is 0.714. The van der Waals surface area contributed by atoms with Crippen LogP contribution in [0.4, 0.5) is 0 Å². The van der Waals surface area contributed by atoms with Crippen LogP contribution in [0.25, 0.3) is 0 Å². The molecule has 0 spiro atoms. The van der Waals surface area contributed by atoms with E-state index in [1.165, 1.54) is 37.4 Å². The van der Waals surface area contributed by atoms with Gasteiger partial charge in [0.15, 0.2) is 0 Å². The van der Waals surface area contributed by atoms with Crippen molar-refractivity contribution in [3.05, 3.63) is 24.3 Å². The third-order valence-electron chi connectivity index (χ3n) is 4.14. The number of rotatable bonds is 2. The molecule has 0 N–H and O–H groups in total. The SMILES string of the molecule is C=C(C)CB1CC2(C)C=CCC(C)(C1)C2. The second-order valence-corrected chi connectivity index (χ2v) is 6.68. The Hall–Kier alpha value is -0.455. The largest absolute Gasteiger partial charge is 0.145 e. The second kappa shape index (κ2) is 3.54. The average molecular weight is 202 g/mol. The van der Waals surface area contributed by atoms with E-state index in [1.807, 2.05) is 0 Å². The molecule has 15 heavy (non-hydrogen) atoms. The first-order chi connectivity index (χ1) is 6.91. The van der Waals surface area contributed by atoms with Gasteiger partial charge in [0.25, 0.3) is 0 Å². The van der Waals surface area contributed by atoms with E-state index in [-0.39, 0.29) is 0 Å². The lowest BCUT2D eigenvalue weighted by Crippen LogP contribution is -2.41. The molecule has 0 aromatic carbocycles. The van der Waals surface area contributed by atoms with Crippen LogP contribution < -0.4 is 0 Å². The number of allylic oxidation sites excluding steroid dienone is 3. The summed E-state index contributed by atoms with van der Waals surface area (Å²) in [6, 6.07) is 0. The molecule has 0 radical (unpaired) electrons. The third-order valence-corrected chi connectivity index (χ3v) is 4.14. The van der Waals surface area contributed by atoms with Crippen LogP contribution in [0, 0.1) is 10.8 Å². The molecule has 0 saturated carbocycles. The van der Waals surface area contributed by atoms with Crippen molar-refractivity contribution in [2.45, 2.75) is 52.6 Å². The molecule has 0 amide bonds. The molecule has 0 nitrogen and oxygen atoms in total. The van der Waals surface area contributed by atoms with Gasteiger partial charge in [0.05, 0.1) is 0 Å². The first-order valence-corrected chi connectivity index (χ1v) is 6.23. The van der Waals surface area contributed by atoms with Gasteiger partial charge in [-0.2, -0.15) is 0 Å². The fourth-order valence-electron chi connectivity index (χ4n) is 4.10. The highest BCUT2D eigenvalue weighted by atomic mass is 14.4. The Bertz CT molecular complexity index is 304. The van der Waals surface area contributed by atoms with Crippen LogP contribution in [-0.2, 0) is 0 Å². The Morgan fingerprint density at radius 2 is 2.13 bits per heavy atom. The molecule has 2 rings (SSSR count). The summed E-state index contributed by atoms with van der Waals surface area (Å²) < 4.78 is 0. The van der Waals surface area contributed by atoms with Crippen molar-refractivity contribution in [2.24, 2.45) is 10.8 Å². The molecule has 1 fully saturated rings. The molecule has 1 heteroatoms. The minimum Gasteiger partial charge on any atom is -0.101 e.